The summed E-state index contributed by atoms with van der Waals surface area (Å²) in [6.45, 7) is 7.59. The summed E-state index contributed by atoms with van der Waals surface area (Å²) in [7, 11) is 2.10. The normalized spacial score (nSPS) is 20.7. The van der Waals surface area contributed by atoms with Crippen molar-refractivity contribution in [3.05, 3.63) is 0 Å². The highest BCUT2D eigenvalue weighted by molar-refractivity contribution is 4.90. The Kier molecular flexibility index (Phi) is 7.92. The van der Waals surface area contributed by atoms with Gasteiger partial charge in [0.15, 0.2) is 0 Å². The van der Waals surface area contributed by atoms with Gasteiger partial charge in [0.1, 0.15) is 0 Å². The minimum atomic E-state index is 0.454. The van der Waals surface area contributed by atoms with E-state index >= 15 is 0 Å². The third-order valence-corrected chi connectivity index (χ3v) is 4.34. The van der Waals surface area contributed by atoms with Crippen molar-refractivity contribution in [3.8, 4) is 0 Å². The second-order valence-electron chi connectivity index (χ2n) is 5.80. The molecule has 0 bridgehead atoms. The predicted molar refractivity (Wildman–Crippen MR) is 78.9 cm³/mol. The van der Waals surface area contributed by atoms with E-state index in [2.05, 4.69) is 33.1 Å². The van der Waals surface area contributed by atoms with Crippen LogP contribution < -0.4 is 5.32 Å². The highest BCUT2D eigenvalue weighted by atomic mass is 16.5. The van der Waals surface area contributed by atoms with Gasteiger partial charge in [-0.3, -0.25) is 0 Å². The number of hydrogen-bond donors (Lipinski definition) is 1. The quantitative estimate of drug-likeness (QED) is 0.602. The zero-order chi connectivity index (χ0) is 13.4. The first-order valence-corrected chi connectivity index (χ1v) is 8.05. The molecular weight excluding hydrogens is 222 g/mol. The molecule has 1 fully saturated rings. The average Bonchev–Trinajstić information content (AvgIpc) is 3.21. The first-order chi connectivity index (χ1) is 8.76. The summed E-state index contributed by atoms with van der Waals surface area (Å²) in [5, 5.41) is 3.52. The Balaban J connectivity index is 2.45. The van der Waals surface area contributed by atoms with Crippen LogP contribution in [0.5, 0.6) is 0 Å². The molecule has 1 N–H and O–H groups in total. The maximum absolute atomic E-state index is 6.01. The van der Waals surface area contributed by atoms with Gasteiger partial charge < -0.3 is 10.1 Å². The van der Waals surface area contributed by atoms with Gasteiger partial charge in [-0.25, -0.2) is 0 Å². The molecule has 1 aliphatic rings. The molecule has 2 heteroatoms. The van der Waals surface area contributed by atoms with E-state index in [0.717, 1.165) is 18.4 Å². The molecule has 108 valence electrons. The van der Waals surface area contributed by atoms with Crippen LogP contribution in [0.4, 0.5) is 0 Å². The van der Waals surface area contributed by atoms with Gasteiger partial charge in [0.25, 0.3) is 0 Å². The van der Waals surface area contributed by atoms with Crippen molar-refractivity contribution in [3.63, 3.8) is 0 Å². The minimum Gasteiger partial charge on any atom is -0.377 e. The molecule has 1 rings (SSSR count). The lowest BCUT2D eigenvalue weighted by molar-refractivity contribution is 0.0142. The van der Waals surface area contributed by atoms with E-state index in [1.165, 1.54) is 44.9 Å². The largest absolute Gasteiger partial charge is 0.377 e. The monoisotopic (exact) mass is 255 g/mol. The fourth-order valence-corrected chi connectivity index (χ4v) is 2.95. The fourth-order valence-electron chi connectivity index (χ4n) is 2.95. The van der Waals surface area contributed by atoms with Crippen LogP contribution in [0.3, 0.4) is 0 Å². The van der Waals surface area contributed by atoms with Crippen LogP contribution in [0.1, 0.15) is 65.7 Å². The van der Waals surface area contributed by atoms with Crippen molar-refractivity contribution < 1.29 is 4.74 Å². The third-order valence-electron chi connectivity index (χ3n) is 4.34. The Morgan fingerprint density at radius 1 is 1.22 bits per heavy atom. The second kappa shape index (κ2) is 8.92. The molecule has 0 aromatic carbocycles. The van der Waals surface area contributed by atoms with Gasteiger partial charge in [0.05, 0.1) is 6.10 Å². The molecule has 0 radical (unpaired) electrons. The number of nitrogens with one attached hydrogen (secondary N) is 1. The Hall–Kier alpha value is -0.0800. The van der Waals surface area contributed by atoms with Gasteiger partial charge in [-0.05, 0) is 45.1 Å². The molecule has 0 aliphatic heterocycles. The lowest BCUT2D eigenvalue weighted by Gasteiger charge is -2.30. The predicted octanol–water partition coefficient (Wildman–Crippen LogP) is 4.00. The van der Waals surface area contributed by atoms with E-state index in [1.807, 2.05) is 0 Å². The molecule has 0 aromatic rings. The van der Waals surface area contributed by atoms with Gasteiger partial charge >= 0.3 is 0 Å². The minimum absolute atomic E-state index is 0.454. The molecule has 3 unspecified atom stereocenters. The molecule has 0 amide bonds. The molecule has 1 saturated carbocycles. The first-order valence-electron chi connectivity index (χ1n) is 8.05. The van der Waals surface area contributed by atoms with E-state index in [9.17, 15) is 0 Å². The van der Waals surface area contributed by atoms with E-state index in [0.29, 0.717) is 12.1 Å². The lowest BCUT2D eigenvalue weighted by Crippen LogP contribution is -2.42. The molecule has 1 aliphatic carbocycles. The number of unbranched alkanes of at least 4 members (excludes halogenated alkanes) is 1. The summed E-state index contributed by atoms with van der Waals surface area (Å²) in [5.41, 5.74) is 0. The SMILES string of the molecule is CCCCC(CC)CC(NC)C(OCC)C1CC1. The molecule has 0 spiro atoms. The number of rotatable bonds is 11. The molecule has 18 heavy (non-hydrogen) atoms. The van der Waals surface area contributed by atoms with Crippen LogP contribution in [0.15, 0.2) is 0 Å². The summed E-state index contributed by atoms with van der Waals surface area (Å²) >= 11 is 0. The van der Waals surface area contributed by atoms with E-state index in [4.69, 9.17) is 4.74 Å². The fraction of sp³-hybridized carbons (Fsp3) is 1.00. The Morgan fingerprint density at radius 2 is 1.94 bits per heavy atom. The van der Waals surface area contributed by atoms with Crippen molar-refractivity contribution in [2.24, 2.45) is 11.8 Å². The maximum Gasteiger partial charge on any atom is 0.0755 e. The topological polar surface area (TPSA) is 21.3 Å². The standard InChI is InChI=1S/C16H33NO/c1-5-8-9-13(6-2)12-15(17-4)16(18-7-3)14-10-11-14/h13-17H,5-12H2,1-4H3. The zero-order valence-electron chi connectivity index (χ0n) is 12.9. The first kappa shape index (κ1) is 16.0. The van der Waals surface area contributed by atoms with Gasteiger partial charge in [-0.2, -0.15) is 0 Å². The van der Waals surface area contributed by atoms with Crippen LogP contribution in [-0.2, 0) is 4.74 Å². The van der Waals surface area contributed by atoms with Gasteiger partial charge in [0.2, 0.25) is 0 Å². The van der Waals surface area contributed by atoms with Gasteiger partial charge in [-0.1, -0.05) is 39.5 Å². The van der Waals surface area contributed by atoms with Crippen LogP contribution in [0.2, 0.25) is 0 Å². The summed E-state index contributed by atoms with van der Waals surface area (Å²) in [6.07, 6.45) is 9.86. The van der Waals surface area contributed by atoms with Gasteiger partial charge in [0, 0.05) is 12.6 Å². The van der Waals surface area contributed by atoms with Crippen molar-refractivity contribution in [1.82, 2.24) is 5.32 Å². The number of ether oxygens (including phenoxy) is 1. The highest BCUT2D eigenvalue weighted by Crippen LogP contribution is 2.37. The van der Waals surface area contributed by atoms with Crippen molar-refractivity contribution in [2.45, 2.75) is 77.9 Å². The molecule has 0 heterocycles. The lowest BCUT2D eigenvalue weighted by atomic mass is 9.89. The summed E-state index contributed by atoms with van der Waals surface area (Å²) in [4.78, 5) is 0. The number of likely N-dealkylation sites (N-methyl/N-ethyl adjacent to an activating group) is 1. The zero-order valence-corrected chi connectivity index (χ0v) is 12.9. The second-order valence-corrected chi connectivity index (χ2v) is 5.80. The Labute approximate surface area is 114 Å². The van der Waals surface area contributed by atoms with Crippen molar-refractivity contribution in [2.75, 3.05) is 13.7 Å². The molecule has 0 saturated heterocycles. The Morgan fingerprint density at radius 3 is 2.39 bits per heavy atom. The molecular formula is C16H33NO. The summed E-state index contributed by atoms with van der Waals surface area (Å²) in [6, 6.07) is 0.555. The van der Waals surface area contributed by atoms with Crippen LogP contribution in [0.25, 0.3) is 0 Å². The molecule has 0 aromatic heterocycles. The van der Waals surface area contributed by atoms with E-state index < -0.39 is 0 Å². The maximum atomic E-state index is 6.01. The van der Waals surface area contributed by atoms with Crippen molar-refractivity contribution in [1.29, 1.82) is 0 Å². The van der Waals surface area contributed by atoms with Crippen LogP contribution in [0, 0.1) is 11.8 Å². The van der Waals surface area contributed by atoms with E-state index in [-0.39, 0.29) is 0 Å². The highest BCUT2D eigenvalue weighted by Gasteiger charge is 2.37. The summed E-state index contributed by atoms with van der Waals surface area (Å²) < 4.78 is 6.01. The number of hydrogen-bond acceptors (Lipinski definition) is 2. The van der Waals surface area contributed by atoms with Crippen LogP contribution >= 0.6 is 0 Å². The smallest absolute Gasteiger partial charge is 0.0755 e. The average molecular weight is 255 g/mol. The molecule has 3 atom stereocenters. The Bertz CT molecular complexity index is 203. The molecule has 2 nitrogen and oxygen atoms in total. The third kappa shape index (κ3) is 5.27. The van der Waals surface area contributed by atoms with E-state index in [1.54, 1.807) is 0 Å². The van der Waals surface area contributed by atoms with Crippen molar-refractivity contribution >= 4 is 0 Å². The van der Waals surface area contributed by atoms with Crippen LogP contribution in [-0.4, -0.2) is 25.8 Å². The summed E-state index contributed by atoms with van der Waals surface area (Å²) in [5.74, 6) is 1.69. The van der Waals surface area contributed by atoms with Gasteiger partial charge in [-0.15, -0.1) is 0 Å².